The number of hydrogen-bond acceptors (Lipinski definition) is 4. The molecule has 1 aromatic heterocycles. The molecule has 152 valence electrons. The molecule has 1 atom stereocenters. The lowest BCUT2D eigenvalue weighted by Crippen LogP contribution is -2.23. The molecule has 0 aliphatic heterocycles. The number of thioether (sulfide) groups is 1. The molecular weight excluding hydrogens is 448 g/mol. The molecule has 3 rings (SSSR count). The van der Waals surface area contributed by atoms with E-state index in [2.05, 4.69) is 10.2 Å². The zero-order valence-corrected chi connectivity index (χ0v) is 17.1. The second-order valence-corrected chi connectivity index (χ2v) is 8.13. The van der Waals surface area contributed by atoms with E-state index in [1.165, 1.54) is 10.6 Å². The summed E-state index contributed by atoms with van der Waals surface area (Å²) in [6.07, 6.45) is -4.65. The third kappa shape index (κ3) is 4.68. The monoisotopic (exact) mass is 460 g/mol. The lowest BCUT2D eigenvalue weighted by molar-refractivity contribution is -0.137. The number of primary amides is 1. The topological polar surface area (TPSA) is 73.8 Å². The second kappa shape index (κ2) is 8.25. The van der Waals surface area contributed by atoms with Gasteiger partial charge < -0.3 is 5.73 Å². The van der Waals surface area contributed by atoms with E-state index < -0.39 is 27.9 Å². The van der Waals surface area contributed by atoms with E-state index in [0.717, 1.165) is 23.9 Å². The van der Waals surface area contributed by atoms with Gasteiger partial charge >= 0.3 is 6.18 Å². The Labute approximate surface area is 178 Å². The molecule has 0 spiro atoms. The Morgan fingerprint density at radius 1 is 1.17 bits per heavy atom. The fourth-order valence-electron chi connectivity index (χ4n) is 2.48. The van der Waals surface area contributed by atoms with Gasteiger partial charge in [0.25, 0.3) is 0 Å². The first-order valence-corrected chi connectivity index (χ1v) is 9.76. The number of halogens is 5. The van der Waals surface area contributed by atoms with Gasteiger partial charge in [-0.05, 0) is 37.3 Å². The van der Waals surface area contributed by atoms with Crippen molar-refractivity contribution in [1.29, 1.82) is 0 Å². The molecule has 3 aromatic rings. The third-order valence-corrected chi connectivity index (χ3v) is 5.54. The number of alkyl halides is 3. The number of hydrogen-bond donors (Lipinski definition) is 1. The van der Waals surface area contributed by atoms with Crippen molar-refractivity contribution in [3.05, 3.63) is 58.1 Å². The van der Waals surface area contributed by atoms with Crippen LogP contribution < -0.4 is 5.73 Å². The zero-order chi connectivity index (χ0) is 21.3. The van der Waals surface area contributed by atoms with E-state index in [1.807, 2.05) is 0 Å². The average Bonchev–Trinajstić information content (AvgIpc) is 3.04. The fourth-order valence-corrected chi connectivity index (χ4v) is 3.71. The van der Waals surface area contributed by atoms with Crippen molar-refractivity contribution in [2.45, 2.75) is 23.5 Å². The minimum atomic E-state index is -4.65. The maximum atomic E-state index is 13.4. The molecule has 0 saturated heterocycles. The average molecular weight is 461 g/mol. The van der Waals surface area contributed by atoms with Crippen LogP contribution in [-0.2, 0) is 11.0 Å². The Morgan fingerprint density at radius 3 is 2.52 bits per heavy atom. The Kier molecular flexibility index (Phi) is 6.11. The van der Waals surface area contributed by atoms with Crippen molar-refractivity contribution in [1.82, 2.24) is 14.8 Å². The van der Waals surface area contributed by atoms with Gasteiger partial charge in [0.15, 0.2) is 11.0 Å². The highest BCUT2D eigenvalue weighted by atomic mass is 35.5. The van der Waals surface area contributed by atoms with Crippen molar-refractivity contribution in [3.63, 3.8) is 0 Å². The van der Waals surface area contributed by atoms with Crippen LogP contribution >= 0.6 is 35.0 Å². The van der Waals surface area contributed by atoms with Crippen molar-refractivity contribution in [3.8, 4) is 17.1 Å². The van der Waals surface area contributed by atoms with E-state index in [0.29, 0.717) is 10.6 Å². The highest BCUT2D eigenvalue weighted by Crippen LogP contribution is 2.38. The number of nitrogens with two attached hydrogens (primary N) is 1. The maximum Gasteiger partial charge on any atom is 0.417 e. The molecule has 0 saturated carbocycles. The van der Waals surface area contributed by atoms with Crippen LogP contribution in [0.1, 0.15) is 12.5 Å². The molecule has 0 unspecified atom stereocenters. The lowest BCUT2D eigenvalue weighted by Gasteiger charge is -2.15. The summed E-state index contributed by atoms with van der Waals surface area (Å²) >= 11 is 12.8. The molecule has 1 amide bonds. The minimum Gasteiger partial charge on any atom is -0.369 e. The molecule has 0 aliphatic rings. The van der Waals surface area contributed by atoms with Gasteiger partial charge in [-0.15, -0.1) is 10.2 Å². The van der Waals surface area contributed by atoms with E-state index in [-0.39, 0.29) is 16.7 Å². The van der Waals surface area contributed by atoms with Gasteiger partial charge in [0, 0.05) is 10.6 Å². The molecular formula is C18H13Cl2F3N4OS. The first-order valence-electron chi connectivity index (χ1n) is 8.12. The molecule has 0 radical (unpaired) electrons. The highest BCUT2D eigenvalue weighted by Gasteiger charge is 2.34. The van der Waals surface area contributed by atoms with Crippen LogP contribution in [0.15, 0.2) is 47.6 Å². The first kappa shape index (κ1) is 21.5. The van der Waals surface area contributed by atoms with Crippen molar-refractivity contribution < 1.29 is 18.0 Å². The number of carbonyl (C=O) groups is 1. The van der Waals surface area contributed by atoms with Gasteiger partial charge in [-0.1, -0.05) is 47.1 Å². The number of rotatable bonds is 5. The Balaban J connectivity index is 2.22. The molecule has 5 nitrogen and oxygen atoms in total. The second-order valence-electron chi connectivity index (χ2n) is 5.98. The Morgan fingerprint density at radius 2 is 1.90 bits per heavy atom. The predicted octanol–water partition coefficient (Wildman–Crippen LogP) is 5.23. The van der Waals surface area contributed by atoms with Gasteiger partial charge in [-0.3, -0.25) is 9.36 Å². The molecule has 2 aromatic carbocycles. The summed E-state index contributed by atoms with van der Waals surface area (Å²) in [6, 6.07) is 10.1. The van der Waals surface area contributed by atoms with Gasteiger partial charge in [-0.25, -0.2) is 0 Å². The minimum absolute atomic E-state index is 0.126. The number of carbonyl (C=O) groups excluding carboxylic acids is 1. The Bertz CT molecular complexity index is 1070. The summed E-state index contributed by atoms with van der Waals surface area (Å²) in [4.78, 5) is 11.5. The van der Waals surface area contributed by atoms with Crippen LogP contribution in [0, 0.1) is 0 Å². The SMILES string of the molecule is C[C@@H](Sc1nnc(-c2cccc(Cl)c2)n1-c1ccc(Cl)c(C(F)(F)F)c1)C(N)=O. The molecule has 0 bridgehead atoms. The molecule has 0 fully saturated rings. The van der Waals surface area contributed by atoms with Crippen molar-refractivity contribution in [2.75, 3.05) is 0 Å². The summed E-state index contributed by atoms with van der Waals surface area (Å²) in [5.41, 5.74) is 4.97. The van der Waals surface area contributed by atoms with Crippen LogP contribution in [0.2, 0.25) is 10.0 Å². The van der Waals surface area contributed by atoms with Crippen molar-refractivity contribution >= 4 is 40.9 Å². The van der Waals surface area contributed by atoms with Crippen molar-refractivity contribution in [2.24, 2.45) is 5.73 Å². The summed E-state index contributed by atoms with van der Waals surface area (Å²) in [6.45, 7) is 1.56. The number of nitrogens with zero attached hydrogens (tertiary/aromatic N) is 3. The molecule has 1 heterocycles. The van der Waals surface area contributed by atoms with Gasteiger partial charge in [0.2, 0.25) is 5.91 Å². The normalized spacial score (nSPS) is 12.8. The molecule has 0 aliphatic carbocycles. The lowest BCUT2D eigenvalue weighted by atomic mass is 10.1. The molecule has 11 heteroatoms. The van der Waals surface area contributed by atoms with Gasteiger partial charge in [0.05, 0.1) is 21.5 Å². The van der Waals surface area contributed by atoms with Gasteiger partial charge in [0.1, 0.15) is 0 Å². The van der Waals surface area contributed by atoms with Crippen LogP contribution in [-0.4, -0.2) is 25.9 Å². The number of aromatic nitrogens is 3. The highest BCUT2D eigenvalue weighted by molar-refractivity contribution is 8.00. The zero-order valence-electron chi connectivity index (χ0n) is 14.7. The quantitative estimate of drug-likeness (QED) is 0.529. The molecule has 2 N–H and O–H groups in total. The summed E-state index contributed by atoms with van der Waals surface area (Å²) in [5, 5.41) is 7.65. The predicted molar refractivity (Wildman–Crippen MR) is 106 cm³/mol. The van der Waals surface area contributed by atoms with Crippen LogP contribution in [0.3, 0.4) is 0 Å². The van der Waals surface area contributed by atoms with E-state index in [9.17, 15) is 18.0 Å². The van der Waals surface area contributed by atoms with Crippen LogP contribution in [0.25, 0.3) is 17.1 Å². The summed E-state index contributed by atoms with van der Waals surface area (Å²) in [5.74, 6) is -0.344. The summed E-state index contributed by atoms with van der Waals surface area (Å²) in [7, 11) is 0. The van der Waals surface area contributed by atoms with E-state index in [1.54, 1.807) is 31.2 Å². The fraction of sp³-hybridized carbons (Fsp3) is 0.167. The third-order valence-electron chi connectivity index (χ3n) is 3.91. The first-order chi connectivity index (χ1) is 13.6. The van der Waals surface area contributed by atoms with Gasteiger partial charge in [-0.2, -0.15) is 13.2 Å². The van der Waals surface area contributed by atoms with E-state index >= 15 is 0 Å². The summed E-state index contributed by atoms with van der Waals surface area (Å²) < 4.78 is 41.5. The maximum absolute atomic E-state index is 13.4. The number of amides is 1. The largest absolute Gasteiger partial charge is 0.417 e. The van der Waals surface area contributed by atoms with Crippen LogP contribution in [0.4, 0.5) is 13.2 Å². The van der Waals surface area contributed by atoms with E-state index in [4.69, 9.17) is 28.9 Å². The van der Waals surface area contributed by atoms with Crippen LogP contribution in [0.5, 0.6) is 0 Å². The molecule has 29 heavy (non-hydrogen) atoms. The Hall–Kier alpha value is -2.23. The smallest absolute Gasteiger partial charge is 0.369 e. The standard InChI is InChI=1S/C18H13Cl2F3N4OS/c1-9(15(24)28)29-17-26-25-16(10-3-2-4-11(19)7-10)27(17)12-5-6-14(20)13(8-12)18(21,22)23/h2-9H,1H3,(H2,24,28)/t9-/m1/s1. The number of benzene rings is 2.